The lowest BCUT2D eigenvalue weighted by Crippen LogP contribution is -2.51. The molecule has 118 valence electrons. The molecule has 0 spiro atoms. The maximum Gasteiger partial charge on any atom is 0.324 e. The Labute approximate surface area is 129 Å². The summed E-state index contributed by atoms with van der Waals surface area (Å²) in [5.74, 6) is -0.382. The molecule has 22 heavy (non-hydrogen) atoms. The molecule has 3 rings (SSSR count). The fourth-order valence-electron chi connectivity index (χ4n) is 3.06. The summed E-state index contributed by atoms with van der Waals surface area (Å²) in [6.07, 6.45) is 0.973. The molecule has 1 saturated heterocycles. The van der Waals surface area contributed by atoms with Crippen molar-refractivity contribution >= 4 is 17.7 Å². The number of aliphatic carboxylic acids is 1. The lowest BCUT2D eigenvalue weighted by Gasteiger charge is -2.38. The van der Waals surface area contributed by atoms with Crippen molar-refractivity contribution in [2.24, 2.45) is 5.92 Å². The molecule has 0 radical (unpaired) electrons. The standard InChI is InChI=1S/C16H20N2O4/c1-11-10-18(13-4-2-3-5-14(13)22-11)16(21)17-8-6-12(7-9-17)15(19)20/h2-5,11-12H,6-10H2,1H3,(H,19,20)/t11-/m1/s1. The van der Waals surface area contributed by atoms with Gasteiger partial charge in [0.2, 0.25) is 0 Å². The minimum Gasteiger partial charge on any atom is -0.487 e. The van der Waals surface area contributed by atoms with E-state index < -0.39 is 5.97 Å². The van der Waals surface area contributed by atoms with E-state index in [1.807, 2.05) is 31.2 Å². The fraction of sp³-hybridized carbons (Fsp3) is 0.500. The van der Waals surface area contributed by atoms with E-state index in [9.17, 15) is 9.59 Å². The van der Waals surface area contributed by atoms with Crippen molar-refractivity contribution in [2.75, 3.05) is 24.5 Å². The van der Waals surface area contributed by atoms with Gasteiger partial charge in [-0.1, -0.05) is 12.1 Å². The van der Waals surface area contributed by atoms with E-state index in [1.54, 1.807) is 9.80 Å². The number of carbonyl (C=O) groups excluding carboxylic acids is 1. The SMILES string of the molecule is C[C@@H]1CN(C(=O)N2CCC(C(=O)O)CC2)c2ccccc2O1. The summed E-state index contributed by atoms with van der Waals surface area (Å²) in [7, 11) is 0. The average Bonchev–Trinajstić information content (AvgIpc) is 2.53. The van der Waals surface area contributed by atoms with Crippen LogP contribution < -0.4 is 9.64 Å². The zero-order valence-corrected chi connectivity index (χ0v) is 12.6. The number of urea groups is 1. The van der Waals surface area contributed by atoms with Gasteiger partial charge in [-0.2, -0.15) is 0 Å². The highest BCUT2D eigenvalue weighted by Gasteiger charge is 2.33. The topological polar surface area (TPSA) is 70.1 Å². The lowest BCUT2D eigenvalue weighted by atomic mass is 9.97. The van der Waals surface area contributed by atoms with Gasteiger partial charge in [0, 0.05) is 13.1 Å². The van der Waals surface area contributed by atoms with Crippen LogP contribution in [0.2, 0.25) is 0 Å². The Morgan fingerprint density at radius 1 is 1.23 bits per heavy atom. The van der Waals surface area contributed by atoms with Gasteiger partial charge in [0.25, 0.3) is 0 Å². The zero-order chi connectivity index (χ0) is 15.7. The van der Waals surface area contributed by atoms with E-state index in [0.717, 1.165) is 11.4 Å². The number of fused-ring (bicyclic) bond motifs is 1. The van der Waals surface area contributed by atoms with E-state index in [2.05, 4.69) is 0 Å². The molecular formula is C16H20N2O4. The quantitative estimate of drug-likeness (QED) is 0.863. The molecule has 2 aliphatic rings. The van der Waals surface area contributed by atoms with Crippen LogP contribution in [-0.4, -0.2) is 47.7 Å². The number of rotatable bonds is 1. The van der Waals surface area contributed by atoms with Crippen LogP contribution in [0.3, 0.4) is 0 Å². The number of para-hydroxylation sites is 2. The van der Waals surface area contributed by atoms with Gasteiger partial charge in [0.1, 0.15) is 11.9 Å². The van der Waals surface area contributed by atoms with Crippen molar-refractivity contribution in [1.29, 1.82) is 0 Å². The smallest absolute Gasteiger partial charge is 0.324 e. The number of carbonyl (C=O) groups is 2. The minimum atomic E-state index is -0.766. The summed E-state index contributed by atoms with van der Waals surface area (Å²) in [4.78, 5) is 27.3. The molecule has 6 heteroatoms. The van der Waals surface area contributed by atoms with E-state index in [4.69, 9.17) is 9.84 Å². The summed E-state index contributed by atoms with van der Waals surface area (Å²) >= 11 is 0. The third-order valence-corrected chi connectivity index (χ3v) is 4.27. The number of likely N-dealkylation sites (tertiary alicyclic amines) is 1. The van der Waals surface area contributed by atoms with Crippen molar-refractivity contribution in [1.82, 2.24) is 4.90 Å². The number of hydrogen-bond donors (Lipinski definition) is 1. The first-order chi connectivity index (χ1) is 10.6. The normalized spacial score (nSPS) is 22.0. The molecular weight excluding hydrogens is 284 g/mol. The van der Waals surface area contributed by atoms with E-state index in [1.165, 1.54) is 0 Å². The van der Waals surface area contributed by atoms with Crippen molar-refractivity contribution in [3.05, 3.63) is 24.3 Å². The molecule has 0 aliphatic carbocycles. The second-order valence-corrected chi connectivity index (χ2v) is 5.89. The first-order valence-electron chi connectivity index (χ1n) is 7.61. The minimum absolute atomic E-state index is 0.0598. The molecule has 0 bridgehead atoms. The molecule has 0 aromatic heterocycles. The van der Waals surface area contributed by atoms with Crippen molar-refractivity contribution in [3.8, 4) is 5.75 Å². The second-order valence-electron chi connectivity index (χ2n) is 5.89. The Morgan fingerprint density at radius 2 is 1.91 bits per heavy atom. The van der Waals surface area contributed by atoms with Gasteiger partial charge < -0.3 is 14.7 Å². The number of carboxylic acids is 1. The Balaban J connectivity index is 1.74. The van der Waals surface area contributed by atoms with Gasteiger partial charge in [-0.3, -0.25) is 9.69 Å². The Morgan fingerprint density at radius 3 is 2.59 bits per heavy atom. The van der Waals surface area contributed by atoms with E-state index in [-0.39, 0.29) is 18.1 Å². The first kappa shape index (κ1) is 14.7. The molecule has 1 N–H and O–H groups in total. The zero-order valence-electron chi connectivity index (χ0n) is 12.6. The van der Waals surface area contributed by atoms with Gasteiger partial charge in [-0.05, 0) is 31.9 Å². The predicted molar refractivity (Wildman–Crippen MR) is 81.2 cm³/mol. The molecule has 2 amide bonds. The molecule has 1 aromatic carbocycles. The lowest BCUT2D eigenvalue weighted by molar-refractivity contribution is -0.143. The second kappa shape index (κ2) is 5.87. The number of ether oxygens (including phenoxy) is 1. The Kier molecular flexibility index (Phi) is 3.92. The molecule has 0 saturated carbocycles. The number of nitrogens with zero attached hydrogens (tertiary/aromatic N) is 2. The molecule has 0 unspecified atom stereocenters. The highest BCUT2D eigenvalue weighted by molar-refractivity contribution is 5.94. The molecule has 1 atom stereocenters. The monoisotopic (exact) mass is 304 g/mol. The van der Waals surface area contributed by atoms with Crippen LogP contribution in [-0.2, 0) is 4.79 Å². The van der Waals surface area contributed by atoms with Crippen LogP contribution in [0.15, 0.2) is 24.3 Å². The third kappa shape index (κ3) is 2.73. The summed E-state index contributed by atoms with van der Waals surface area (Å²) < 4.78 is 5.76. The van der Waals surface area contributed by atoms with Gasteiger partial charge in [0.15, 0.2) is 0 Å². The summed E-state index contributed by atoms with van der Waals surface area (Å²) in [5, 5.41) is 9.05. The summed E-state index contributed by atoms with van der Waals surface area (Å²) in [5.41, 5.74) is 0.783. The average molecular weight is 304 g/mol. The van der Waals surface area contributed by atoms with Crippen LogP contribution in [0, 0.1) is 5.92 Å². The van der Waals surface area contributed by atoms with E-state index in [0.29, 0.717) is 32.5 Å². The summed E-state index contributed by atoms with van der Waals surface area (Å²) in [6, 6.07) is 7.45. The van der Waals surface area contributed by atoms with Crippen molar-refractivity contribution in [3.63, 3.8) is 0 Å². The third-order valence-electron chi connectivity index (χ3n) is 4.27. The molecule has 1 fully saturated rings. The number of piperidine rings is 1. The van der Waals surface area contributed by atoms with Gasteiger partial charge in [-0.25, -0.2) is 4.79 Å². The van der Waals surface area contributed by atoms with Gasteiger partial charge >= 0.3 is 12.0 Å². The molecule has 1 aromatic rings. The van der Waals surface area contributed by atoms with Crippen molar-refractivity contribution in [2.45, 2.75) is 25.9 Å². The van der Waals surface area contributed by atoms with Gasteiger partial charge in [0.05, 0.1) is 18.2 Å². The highest BCUT2D eigenvalue weighted by Crippen LogP contribution is 2.34. The largest absolute Gasteiger partial charge is 0.487 e. The van der Waals surface area contributed by atoms with E-state index >= 15 is 0 Å². The van der Waals surface area contributed by atoms with Crippen LogP contribution >= 0.6 is 0 Å². The molecule has 2 heterocycles. The number of benzene rings is 1. The number of anilines is 1. The maximum atomic E-state index is 12.8. The maximum absolute atomic E-state index is 12.8. The van der Waals surface area contributed by atoms with Crippen LogP contribution in [0.1, 0.15) is 19.8 Å². The fourth-order valence-corrected chi connectivity index (χ4v) is 3.06. The van der Waals surface area contributed by atoms with Crippen LogP contribution in [0.25, 0.3) is 0 Å². The number of hydrogen-bond acceptors (Lipinski definition) is 3. The van der Waals surface area contributed by atoms with Crippen LogP contribution in [0.4, 0.5) is 10.5 Å². The Bertz CT molecular complexity index is 581. The van der Waals surface area contributed by atoms with Gasteiger partial charge in [-0.15, -0.1) is 0 Å². The number of carboxylic acid groups (broad SMARTS) is 1. The molecule has 2 aliphatic heterocycles. The van der Waals surface area contributed by atoms with Crippen molar-refractivity contribution < 1.29 is 19.4 Å². The van der Waals surface area contributed by atoms with Crippen LogP contribution in [0.5, 0.6) is 5.75 Å². The predicted octanol–water partition coefficient (Wildman–Crippen LogP) is 2.19. The Hall–Kier alpha value is -2.24. The highest BCUT2D eigenvalue weighted by atomic mass is 16.5. The number of amides is 2. The first-order valence-corrected chi connectivity index (χ1v) is 7.61. The summed E-state index contributed by atoms with van der Waals surface area (Å²) in [6.45, 7) is 3.43. The molecule has 6 nitrogen and oxygen atoms in total.